The lowest BCUT2D eigenvalue weighted by atomic mass is 10.2. The minimum Gasteiger partial charge on any atom is -0.481 e. The van der Waals surface area contributed by atoms with E-state index in [-0.39, 0.29) is 13.0 Å². The van der Waals surface area contributed by atoms with Crippen molar-refractivity contribution in [3.05, 3.63) is 0 Å². The standard InChI is InChI=1S/C10H20N2O4/c1-11-6-10(15)16-8(5-9(13)14)7-12(2,3)4/h8,11H,5-7H2,1-4H3/p+1/t8-/m1/s1. The summed E-state index contributed by atoms with van der Waals surface area (Å²) in [6, 6.07) is 0. The molecular weight excluding hydrogens is 212 g/mol. The summed E-state index contributed by atoms with van der Waals surface area (Å²) < 4.78 is 5.63. The maximum atomic E-state index is 11.2. The van der Waals surface area contributed by atoms with Crippen LogP contribution in [0.2, 0.25) is 0 Å². The first kappa shape index (κ1) is 14.9. The number of nitrogens with one attached hydrogen (secondary N) is 1. The smallest absolute Gasteiger partial charge is 0.320 e. The highest BCUT2D eigenvalue weighted by Gasteiger charge is 2.24. The normalized spacial score (nSPS) is 13.2. The second-order valence-electron chi connectivity index (χ2n) is 4.71. The molecule has 0 rings (SSSR count). The fraction of sp³-hybridized carbons (Fsp3) is 0.800. The molecule has 0 saturated heterocycles. The van der Waals surface area contributed by atoms with Crippen LogP contribution < -0.4 is 5.32 Å². The molecule has 0 aliphatic carbocycles. The van der Waals surface area contributed by atoms with Gasteiger partial charge < -0.3 is 19.6 Å². The van der Waals surface area contributed by atoms with E-state index in [9.17, 15) is 9.59 Å². The molecule has 0 spiro atoms. The zero-order chi connectivity index (χ0) is 12.8. The Labute approximate surface area is 95.8 Å². The maximum Gasteiger partial charge on any atom is 0.320 e. The van der Waals surface area contributed by atoms with Crippen LogP contribution in [0.3, 0.4) is 0 Å². The fourth-order valence-corrected chi connectivity index (χ4v) is 1.32. The van der Waals surface area contributed by atoms with Gasteiger partial charge in [-0.1, -0.05) is 0 Å². The second kappa shape index (κ2) is 6.44. The van der Waals surface area contributed by atoms with Crippen molar-refractivity contribution in [2.24, 2.45) is 0 Å². The van der Waals surface area contributed by atoms with Crippen molar-refractivity contribution >= 4 is 11.9 Å². The summed E-state index contributed by atoms with van der Waals surface area (Å²) in [4.78, 5) is 21.9. The largest absolute Gasteiger partial charge is 0.481 e. The van der Waals surface area contributed by atoms with E-state index in [4.69, 9.17) is 9.84 Å². The zero-order valence-electron chi connectivity index (χ0n) is 10.3. The summed E-state index contributed by atoms with van der Waals surface area (Å²) in [6.07, 6.45) is -0.747. The first-order valence-corrected chi connectivity index (χ1v) is 5.11. The van der Waals surface area contributed by atoms with Crippen LogP contribution in [0.25, 0.3) is 0 Å². The highest BCUT2D eigenvalue weighted by Crippen LogP contribution is 2.05. The molecule has 0 aliphatic rings. The number of carboxylic acid groups (broad SMARTS) is 1. The number of ether oxygens (including phenoxy) is 1. The molecule has 0 aromatic rings. The molecule has 0 saturated carbocycles. The number of quaternary nitrogens is 1. The number of aliphatic carboxylic acids is 1. The maximum absolute atomic E-state index is 11.2. The number of hydrogen-bond acceptors (Lipinski definition) is 4. The summed E-state index contributed by atoms with van der Waals surface area (Å²) in [5, 5.41) is 11.4. The summed E-state index contributed by atoms with van der Waals surface area (Å²) in [6.45, 7) is 0.565. The lowest BCUT2D eigenvalue weighted by molar-refractivity contribution is -0.873. The van der Waals surface area contributed by atoms with Gasteiger partial charge in [0.2, 0.25) is 0 Å². The molecule has 0 aliphatic heterocycles. The van der Waals surface area contributed by atoms with Gasteiger partial charge in [0.1, 0.15) is 6.54 Å². The number of esters is 1. The number of rotatable bonds is 7. The Morgan fingerprint density at radius 2 is 1.94 bits per heavy atom. The summed E-state index contributed by atoms with van der Waals surface area (Å²) in [5.74, 6) is -1.39. The molecule has 6 heteroatoms. The Morgan fingerprint density at radius 1 is 1.38 bits per heavy atom. The van der Waals surface area contributed by atoms with Gasteiger partial charge in [-0.3, -0.25) is 9.59 Å². The van der Waals surface area contributed by atoms with Crippen molar-refractivity contribution in [2.45, 2.75) is 12.5 Å². The Kier molecular flexibility index (Phi) is 5.98. The van der Waals surface area contributed by atoms with Crippen molar-refractivity contribution in [1.29, 1.82) is 0 Å². The number of hydrogen-bond donors (Lipinski definition) is 2. The van der Waals surface area contributed by atoms with Crippen molar-refractivity contribution < 1.29 is 23.9 Å². The molecule has 16 heavy (non-hydrogen) atoms. The third kappa shape index (κ3) is 8.19. The van der Waals surface area contributed by atoms with Crippen LogP contribution in [0.4, 0.5) is 0 Å². The molecule has 0 aromatic carbocycles. The quantitative estimate of drug-likeness (QED) is 0.449. The average Bonchev–Trinajstić information content (AvgIpc) is 1.98. The molecule has 0 unspecified atom stereocenters. The number of carbonyl (C=O) groups excluding carboxylic acids is 1. The monoisotopic (exact) mass is 233 g/mol. The average molecular weight is 233 g/mol. The molecule has 0 radical (unpaired) electrons. The van der Waals surface area contributed by atoms with Crippen molar-refractivity contribution in [1.82, 2.24) is 5.32 Å². The Balaban J connectivity index is 4.31. The van der Waals surface area contributed by atoms with Crippen LogP contribution in [0.5, 0.6) is 0 Å². The Bertz CT molecular complexity index is 248. The third-order valence-corrected chi connectivity index (χ3v) is 1.77. The van der Waals surface area contributed by atoms with Crippen LogP contribution >= 0.6 is 0 Å². The van der Waals surface area contributed by atoms with E-state index in [1.165, 1.54) is 0 Å². The van der Waals surface area contributed by atoms with E-state index < -0.39 is 18.0 Å². The molecule has 0 fully saturated rings. The first-order valence-electron chi connectivity index (χ1n) is 5.11. The van der Waals surface area contributed by atoms with Crippen LogP contribution in [0.15, 0.2) is 0 Å². The van der Waals surface area contributed by atoms with Gasteiger partial charge in [-0.2, -0.15) is 0 Å². The highest BCUT2D eigenvalue weighted by atomic mass is 16.5. The van der Waals surface area contributed by atoms with Gasteiger partial charge >= 0.3 is 11.9 Å². The van der Waals surface area contributed by atoms with E-state index in [0.717, 1.165) is 0 Å². The predicted molar refractivity (Wildman–Crippen MR) is 59.0 cm³/mol. The van der Waals surface area contributed by atoms with E-state index in [2.05, 4.69) is 5.32 Å². The molecular formula is C10H21N2O4+. The van der Waals surface area contributed by atoms with Gasteiger partial charge in [-0.25, -0.2) is 0 Å². The van der Waals surface area contributed by atoms with Gasteiger partial charge in [0, 0.05) is 0 Å². The minimum atomic E-state index is -0.962. The van der Waals surface area contributed by atoms with Crippen molar-refractivity contribution in [2.75, 3.05) is 41.3 Å². The van der Waals surface area contributed by atoms with Crippen LogP contribution in [0.1, 0.15) is 6.42 Å². The number of carbonyl (C=O) groups is 2. The van der Waals surface area contributed by atoms with Crippen molar-refractivity contribution in [3.8, 4) is 0 Å². The molecule has 94 valence electrons. The highest BCUT2D eigenvalue weighted by molar-refractivity contribution is 5.73. The van der Waals surface area contributed by atoms with E-state index in [1.807, 2.05) is 21.1 Å². The van der Waals surface area contributed by atoms with Crippen LogP contribution in [-0.4, -0.2) is 68.9 Å². The lowest BCUT2D eigenvalue weighted by Crippen LogP contribution is -2.44. The summed E-state index contributed by atoms with van der Waals surface area (Å²) >= 11 is 0. The minimum absolute atomic E-state index is 0.0905. The van der Waals surface area contributed by atoms with Gasteiger partial charge in [0.05, 0.1) is 34.1 Å². The third-order valence-electron chi connectivity index (χ3n) is 1.77. The van der Waals surface area contributed by atoms with Gasteiger partial charge in [-0.05, 0) is 7.05 Å². The topological polar surface area (TPSA) is 75.6 Å². The van der Waals surface area contributed by atoms with E-state index in [1.54, 1.807) is 7.05 Å². The Hall–Kier alpha value is -1.14. The SMILES string of the molecule is CNCC(=O)O[C@H](CC(=O)O)C[N+](C)(C)C. The van der Waals surface area contributed by atoms with Gasteiger partial charge in [0.25, 0.3) is 0 Å². The molecule has 6 nitrogen and oxygen atoms in total. The summed E-state index contributed by atoms with van der Waals surface area (Å²) in [7, 11) is 7.38. The number of likely N-dealkylation sites (N-methyl/N-ethyl adjacent to an activating group) is 2. The molecule has 0 heterocycles. The lowest BCUT2D eigenvalue weighted by Gasteiger charge is -2.28. The molecule has 2 N–H and O–H groups in total. The first-order chi connectivity index (χ1) is 7.24. The van der Waals surface area contributed by atoms with Crippen molar-refractivity contribution in [3.63, 3.8) is 0 Å². The van der Waals surface area contributed by atoms with Crippen LogP contribution in [0, 0.1) is 0 Å². The van der Waals surface area contributed by atoms with Crippen LogP contribution in [-0.2, 0) is 14.3 Å². The van der Waals surface area contributed by atoms with Gasteiger partial charge in [0.15, 0.2) is 6.10 Å². The second-order valence-corrected chi connectivity index (χ2v) is 4.71. The molecule has 0 bridgehead atoms. The molecule has 1 atom stereocenters. The zero-order valence-corrected chi connectivity index (χ0v) is 10.3. The summed E-state index contributed by atoms with van der Waals surface area (Å²) in [5.41, 5.74) is 0. The Morgan fingerprint density at radius 3 is 2.31 bits per heavy atom. The fourth-order valence-electron chi connectivity index (χ4n) is 1.32. The number of carboxylic acids is 1. The number of nitrogens with zero attached hydrogens (tertiary/aromatic N) is 1. The van der Waals surface area contributed by atoms with Gasteiger partial charge in [-0.15, -0.1) is 0 Å². The van der Waals surface area contributed by atoms with E-state index >= 15 is 0 Å². The predicted octanol–water partition coefficient (Wildman–Crippen LogP) is -0.701. The molecule has 0 amide bonds. The molecule has 0 aromatic heterocycles. The van der Waals surface area contributed by atoms with E-state index in [0.29, 0.717) is 11.0 Å².